The molecule has 0 saturated carbocycles. The Bertz CT molecular complexity index is 1960. The largest absolute Gasteiger partial charge is 0.481 e. The smallest absolute Gasteiger partial charge is 0.291 e. The summed E-state index contributed by atoms with van der Waals surface area (Å²) in [4.78, 5) is 28.8. The van der Waals surface area contributed by atoms with Crippen LogP contribution in [-0.4, -0.2) is 51.0 Å². The number of nitrogens with zero attached hydrogens (tertiary/aromatic N) is 5. The van der Waals surface area contributed by atoms with E-state index in [4.69, 9.17) is 32.9 Å². The van der Waals surface area contributed by atoms with Crippen molar-refractivity contribution in [2.45, 2.75) is 26.4 Å². The lowest BCUT2D eigenvalue weighted by Gasteiger charge is -2.21. The molecular formula is C34H32Cl2FN7O2. The van der Waals surface area contributed by atoms with Gasteiger partial charge in [-0.05, 0) is 38.2 Å². The fraction of sp³-hybridized carbons (Fsp3) is 0.235. The molecule has 2 aromatic carbocycles. The van der Waals surface area contributed by atoms with E-state index in [9.17, 15) is 9.18 Å². The van der Waals surface area contributed by atoms with Crippen LogP contribution in [-0.2, 0) is 26.6 Å². The third-order valence-electron chi connectivity index (χ3n) is 8.13. The van der Waals surface area contributed by atoms with Gasteiger partial charge in [0, 0.05) is 67.2 Å². The van der Waals surface area contributed by atoms with Gasteiger partial charge in [0.2, 0.25) is 5.88 Å². The minimum absolute atomic E-state index is 0.288. The lowest BCUT2D eigenvalue weighted by molar-refractivity contribution is 0.101. The van der Waals surface area contributed by atoms with Gasteiger partial charge in [0.05, 0.1) is 45.6 Å². The van der Waals surface area contributed by atoms with Crippen LogP contribution in [0.2, 0.25) is 10.0 Å². The molecule has 236 valence electrons. The second-order valence-electron chi connectivity index (χ2n) is 11.1. The van der Waals surface area contributed by atoms with Gasteiger partial charge in [0.1, 0.15) is 0 Å². The van der Waals surface area contributed by atoms with Gasteiger partial charge in [-0.1, -0.05) is 53.5 Å². The summed E-state index contributed by atoms with van der Waals surface area (Å²) >= 11 is 13.9. The van der Waals surface area contributed by atoms with Crippen molar-refractivity contribution in [1.82, 2.24) is 24.4 Å². The molecule has 46 heavy (non-hydrogen) atoms. The maximum Gasteiger partial charge on any atom is 0.291 e. The predicted octanol–water partition coefficient (Wildman–Crippen LogP) is 7.16. The Morgan fingerprint density at radius 2 is 1.72 bits per heavy atom. The number of carbonyl (C=O) groups is 1. The number of anilines is 2. The van der Waals surface area contributed by atoms with E-state index in [0.717, 1.165) is 29.9 Å². The van der Waals surface area contributed by atoms with Gasteiger partial charge in [-0.2, -0.15) is 0 Å². The maximum absolute atomic E-state index is 14.4. The predicted molar refractivity (Wildman–Crippen MR) is 179 cm³/mol. The zero-order valence-corrected chi connectivity index (χ0v) is 27.3. The number of imidazole rings is 1. The van der Waals surface area contributed by atoms with Crippen LogP contribution in [0.25, 0.3) is 22.4 Å². The Balaban J connectivity index is 1.26. The lowest BCUT2D eigenvalue weighted by Crippen LogP contribution is -2.27. The second-order valence-corrected chi connectivity index (χ2v) is 11.9. The van der Waals surface area contributed by atoms with Gasteiger partial charge in [-0.3, -0.25) is 9.78 Å². The van der Waals surface area contributed by atoms with E-state index in [0.29, 0.717) is 67.7 Å². The van der Waals surface area contributed by atoms with Crippen LogP contribution in [0.4, 0.5) is 15.8 Å². The summed E-state index contributed by atoms with van der Waals surface area (Å²) in [6.07, 6.45) is 2.38. The summed E-state index contributed by atoms with van der Waals surface area (Å²) < 4.78 is 21.9. The molecule has 1 amide bonds. The Hall–Kier alpha value is -4.51. The normalized spacial score (nSPS) is 12.9. The summed E-state index contributed by atoms with van der Waals surface area (Å²) in [6.45, 7) is 3.52. The van der Waals surface area contributed by atoms with Gasteiger partial charge < -0.3 is 24.8 Å². The van der Waals surface area contributed by atoms with E-state index in [-0.39, 0.29) is 12.5 Å². The number of ether oxygens (including phenoxy) is 1. The number of amides is 1. The molecular weight excluding hydrogens is 628 g/mol. The van der Waals surface area contributed by atoms with Gasteiger partial charge in [-0.25, -0.2) is 14.4 Å². The topological polar surface area (TPSA) is 97.2 Å². The molecule has 2 N–H and O–H groups in total. The first kappa shape index (κ1) is 31.5. The Kier molecular flexibility index (Phi) is 8.95. The third-order valence-corrected chi connectivity index (χ3v) is 8.94. The van der Waals surface area contributed by atoms with Crippen molar-refractivity contribution >= 4 is 40.5 Å². The number of hydrogen-bond acceptors (Lipinski definition) is 7. The molecule has 3 aromatic heterocycles. The number of carbonyl (C=O) groups excluding carboxylic acids is 1. The highest BCUT2D eigenvalue weighted by atomic mass is 35.5. The first-order valence-electron chi connectivity index (χ1n) is 14.7. The summed E-state index contributed by atoms with van der Waals surface area (Å²) in [7, 11) is 5.43. The molecule has 1 aliphatic rings. The third kappa shape index (κ3) is 6.03. The molecule has 0 spiro atoms. The number of likely N-dealkylation sites (N-methyl/N-ethyl adjacent to an activating group) is 1. The first-order chi connectivity index (χ1) is 22.2. The molecule has 0 bridgehead atoms. The van der Waals surface area contributed by atoms with E-state index in [2.05, 4.69) is 25.5 Å². The number of hydrogen-bond donors (Lipinski definition) is 2. The van der Waals surface area contributed by atoms with Crippen molar-refractivity contribution in [3.8, 4) is 28.3 Å². The standard InChI is InChI=1S/C34H32Cl2FN7O2/c1-19-31(37)26(13-15-38-19)39-17-20-11-12-24(42-34(20)46-4)23-9-5-7-21(29(23)35)22-8-6-10-25(30(22)36)41-33(45)32-40-27-18-43(2)16-14-28(27)44(32)3/h5-13,15H,14,16-18H2,1-4H3,(H,38,39)(H,41,45). The highest BCUT2D eigenvalue weighted by molar-refractivity contribution is 6.39. The second kappa shape index (κ2) is 13.1. The van der Waals surface area contributed by atoms with Crippen LogP contribution >= 0.6 is 23.2 Å². The molecule has 0 fully saturated rings. The lowest BCUT2D eigenvalue weighted by atomic mass is 10.00. The van der Waals surface area contributed by atoms with E-state index in [1.807, 2.05) is 61.1 Å². The molecule has 1 aliphatic heterocycles. The average molecular weight is 661 g/mol. The molecule has 12 heteroatoms. The molecule has 6 rings (SSSR count). The minimum atomic E-state index is -0.402. The van der Waals surface area contributed by atoms with Crippen LogP contribution in [0.1, 0.15) is 33.3 Å². The highest BCUT2D eigenvalue weighted by Crippen LogP contribution is 2.41. The Morgan fingerprint density at radius 1 is 0.978 bits per heavy atom. The number of aromatic nitrogens is 4. The molecule has 0 atom stereocenters. The minimum Gasteiger partial charge on any atom is -0.481 e. The van der Waals surface area contributed by atoms with E-state index in [1.54, 1.807) is 25.3 Å². The first-order valence-corrected chi connectivity index (χ1v) is 15.4. The number of nitrogens with one attached hydrogen (secondary N) is 2. The summed E-state index contributed by atoms with van der Waals surface area (Å²) in [6, 6.07) is 16.3. The van der Waals surface area contributed by atoms with Gasteiger partial charge in [0.25, 0.3) is 5.91 Å². The van der Waals surface area contributed by atoms with Gasteiger partial charge in [0.15, 0.2) is 11.6 Å². The Labute approximate surface area is 276 Å². The van der Waals surface area contributed by atoms with Crippen molar-refractivity contribution in [2.24, 2.45) is 7.05 Å². The molecule has 0 radical (unpaired) electrons. The zero-order valence-electron chi connectivity index (χ0n) is 25.8. The number of rotatable bonds is 8. The SMILES string of the molecule is COc1nc(-c2cccc(-c3cccc(NC(=O)c4nc5c(n4C)CCN(C)C5)c3Cl)c2Cl)ccc1CNc1ccnc(C)c1F. The molecule has 0 unspecified atom stereocenters. The van der Waals surface area contributed by atoms with E-state index >= 15 is 0 Å². The van der Waals surface area contributed by atoms with Crippen LogP contribution in [0, 0.1) is 12.7 Å². The molecule has 9 nitrogen and oxygen atoms in total. The monoisotopic (exact) mass is 659 g/mol. The molecule has 5 aromatic rings. The van der Waals surface area contributed by atoms with Gasteiger partial charge >= 0.3 is 0 Å². The molecule has 0 aliphatic carbocycles. The van der Waals surface area contributed by atoms with Crippen molar-refractivity contribution in [1.29, 1.82) is 0 Å². The highest BCUT2D eigenvalue weighted by Gasteiger charge is 2.25. The van der Waals surface area contributed by atoms with Crippen LogP contribution in [0.3, 0.4) is 0 Å². The van der Waals surface area contributed by atoms with Crippen LogP contribution in [0.5, 0.6) is 5.88 Å². The van der Waals surface area contributed by atoms with E-state index in [1.165, 1.54) is 7.11 Å². The zero-order chi connectivity index (χ0) is 32.5. The average Bonchev–Trinajstić information content (AvgIpc) is 3.38. The van der Waals surface area contributed by atoms with E-state index < -0.39 is 5.82 Å². The number of pyridine rings is 2. The van der Waals surface area contributed by atoms with Crippen molar-refractivity contribution in [3.63, 3.8) is 0 Å². The van der Waals surface area contributed by atoms with Crippen LogP contribution in [0.15, 0.2) is 60.8 Å². The summed E-state index contributed by atoms with van der Waals surface area (Å²) in [5.74, 6) is -0.0315. The number of methoxy groups -OCH3 is 1. The fourth-order valence-electron chi connectivity index (χ4n) is 5.62. The summed E-state index contributed by atoms with van der Waals surface area (Å²) in [5, 5.41) is 6.81. The Morgan fingerprint density at radius 3 is 2.50 bits per heavy atom. The quantitative estimate of drug-likeness (QED) is 0.182. The molecule has 4 heterocycles. The number of benzene rings is 2. The van der Waals surface area contributed by atoms with Crippen LogP contribution < -0.4 is 15.4 Å². The van der Waals surface area contributed by atoms with Crippen molar-refractivity contribution in [3.05, 3.63) is 105 Å². The fourth-order valence-corrected chi connectivity index (χ4v) is 6.22. The number of fused-ring (bicyclic) bond motifs is 1. The number of aryl methyl sites for hydroxylation is 1. The number of halogens is 3. The maximum atomic E-state index is 14.4. The van der Waals surface area contributed by atoms with Crippen molar-refractivity contribution < 1.29 is 13.9 Å². The van der Waals surface area contributed by atoms with Crippen molar-refractivity contribution in [2.75, 3.05) is 31.3 Å². The summed E-state index contributed by atoms with van der Waals surface area (Å²) in [5.41, 5.74) is 6.39. The molecule has 0 saturated heterocycles. The van der Waals surface area contributed by atoms with Gasteiger partial charge in [-0.15, -0.1) is 0 Å².